The van der Waals surface area contributed by atoms with Crippen molar-refractivity contribution in [2.75, 3.05) is 13.7 Å². The van der Waals surface area contributed by atoms with Gasteiger partial charge in [0.1, 0.15) is 5.75 Å². The van der Waals surface area contributed by atoms with E-state index in [2.05, 4.69) is 11.4 Å². The van der Waals surface area contributed by atoms with E-state index in [1.54, 1.807) is 7.11 Å². The molecule has 19 heavy (non-hydrogen) atoms. The van der Waals surface area contributed by atoms with E-state index < -0.39 is 0 Å². The molecule has 2 aliphatic rings. The lowest BCUT2D eigenvalue weighted by Gasteiger charge is -2.22. The normalized spacial score (nSPS) is 22.3. The van der Waals surface area contributed by atoms with Crippen molar-refractivity contribution in [3.63, 3.8) is 0 Å². The van der Waals surface area contributed by atoms with Gasteiger partial charge in [-0.1, -0.05) is 17.7 Å². The van der Waals surface area contributed by atoms with Gasteiger partial charge in [0.05, 0.1) is 12.1 Å². The average Bonchev–Trinajstić information content (AvgIpc) is 2.92. The third-order valence-electron chi connectivity index (χ3n) is 4.45. The summed E-state index contributed by atoms with van der Waals surface area (Å²) < 4.78 is 5.59. The summed E-state index contributed by atoms with van der Waals surface area (Å²) in [4.78, 5) is 0. The summed E-state index contributed by atoms with van der Waals surface area (Å²) in [5.74, 6) is 0.913. The molecule has 1 fully saturated rings. The first kappa shape index (κ1) is 13.3. The molecule has 0 radical (unpaired) electrons. The van der Waals surface area contributed by atoms with Gasteiger partial charge in [-0.05, 0) is 68.2 Å². The highest BCUT2D eigenvalue weighted by Gasteiger charge is 2.22. The van der Waals surface area contributed by atoms with E-state index in [1.807, 2.05) is 0 Å². The number of hydrogen-bond acceptors (Lipinski definition) is 2. The minimum Gasteiger partial charge on any atom is -0.495 e. The van der Waals surface area contributed by atoms with Crippen molar-refractivity contribution in [2.45, 2.75) is 51.0 Å². The SMILES string of the molecule is COc1c(CC2CCCN2)cc2c(c1Cl)CCCC2. The van der Waals surface area contributed by atoms with Crippen LogP contribution in [0.5, 0.6) is 5.75 Å². The highest BCUT2D eigenvalue weighted by molar-refractivity contribution is 6.33. The van der Waals surface area contributed by atoms with E-state index in [4.69, 9.17) is 16.3 Å². The predicted molar refractivity (Wildman–Crippen MR) is 79.4 cm³/mol. The van der Waals surface area contributed by atoms with Gasteiger partial charge in [-0.2, -0.15) is 0 Å². The Morgan fingerprint density at radius 1 is 1.32 bits per heavy atom. The number of halogens is 1. The number of benzene rings is 1. The fourth-order valence-corrected chi connectivity index (χ4v) is 3.88. The summed E-state index contributed by atoms with van der Waals surface area (Å²) in [6, 6.07) is 2.94. The van der Waals surface area contributed by atoms with Gasteiger partial charge >= 0.3 is 0 Å². The Hall–Kier alpha value is -0.730. The molecule has 3 rings (SSSR count). The first-order valence-electron chi connectivity index (χ1n) is 7.40. The van der Waals surface area contributed by atoms with Crippen LogP contribution in [0.25, 0.3) is 0 Å². The van der Waals surface area contributed by atoms with Crippen LogP contribution >= 0.6 is 11.6 Å². The van der Waals surface area contributed by atoms with Crippen LogP contribution in [0.4, 0.5) is 0 Å². The minimum atomic E-state index is 0.589. The molecule has 0 bridgehead atoms. The average molecular weight is 280 g/mol. The number of hydrogen-bond donors (Lipinski definition) is 1. The largest absolute Gasteiger partial charge is 0.495 e. The Morgan fingerprint density at radius 3 is 2.89 bits per heavy atom. The summed E-state index contributed by atoms with van der Waals surface area (Å²) >= 11 is 6.57. The first-order chi connectivity index (χ1) is 9.29. The summed E-state index contributed by atoms with van der Waals surface area (Å²) in [7, 11) is 1.74. The topological polar surface area (TPSA) is 21.3 Å². The van der Waals surface area contributed by atoms with Gasteiger partial charge in [0, 0.05) is 6.04 Å². The molecule has 104 valence electrons. The zero-order valence-electron chi connectivity index (χ0n) is 11.6. The monoisotopic (exact) mass is 279 g/mol. The molecule has 1 aromatic rings. The number of aryl methyl sites for hydroxylation is 1. The molecule has 0 amide bonds. The smallest absolute Gasteiger partial charge is 0.140 e. The van der Waals surface area contributed by atoms with Crippen LogP contribution in [-0.4, -0.2) is 19.7 Å². The summed E-state index contributed by atoms with van der Waals surface area (Å²) in [6.45, 7) is 1.14. The van der Waals surface area contributed by atoms with Crippen molar-refractivity contribution >= 4 is 11.6 Å². The van der Waals surface area contributed by atoms with E-state index in [-0.39, 0.29) is 0 Å². The number of methoxy groups -OCH3 is 1. The molecular formula is C16H22ClNO. The van der Waals surface area contributed by atoms with Gasteiger partial charge in [0.2, 0.25) is 0 Å². The highest BCUT2D eigenvalue weighted by atomic mass is 35.5. The zero-order chi connectivity index (χ0) is 13.2. The van der Waals surface area contributed by atoms with Crippen LogP contribution < -0.4 is 10.1 Å². The Kier molecular flexibility index (Phi) is 3.99. The molecule has 1 atom stereocenters. The molecule has 1 saturated heterocycles. The van der Waals surface area contributed by atoms with Crippen LogP contribution in [0.2, 0.25) is 5.02 Å². The van der Waals surface area contributed by atoms with E-state index in [0.717, 1.165) is 30.2 Å². The van der Waals surface area contributed by atoms with Crippen LogP contribution in [0.1, 0.15) is 42.4 Å². The lowest BCUT2D eigenvalue weighted by molar-refractivity contribution is 0.405. The van der Waals surface area contributed by atoms with E-state index in [9.17, 15) is 0 Å². The highest BCUT2D eigenvalue weighted by Crippen LogP contribution is 2.38. The second-order valence-electron chi connectivity index (χ2n) is 5.73. The maximum atomic E-state index is 6.57. The Bertz CT molecular complexity index is 466. The number of nitrogens with one attached hydrogen (secondary N) is 1. The van der Waals surface area contributed by atoms with Crippen LogP contribution in [-0.2, 0) is 19.3 Å². The first-order valence-corrected chi connectivity index (χ1v) is 7.78. The lowest BCUT2D eigenvalue weighted by Crippen LogP contribution is -2.24. The predicted octanol–water partition coefficient (Wildman–Crippen LogP) is 3.52. The Labute approximate surface area is 120 Å². The molecule has 0 aromatic heterocycles. The molecule has 0 saturated carbocycles. The van der Waals surface area contributed by atoms with Gasteiger partial charge in [-0.3, -0.25) is 0 Å². The number of ether oxygens (including phenoxy) is 1. The summed E-state index contributed by atoms with van der Waals surface area (Å²) in [5.41, 5.74) is 4.06. The molecule has 1 unspecified atom stereocenters. The second-order valence-corrected chi connectivity index (χ2v) is 6.10. The molecule has 1 N–H and O–H groups in total. The van der Waals surface area contributed by atoms with E-state index >= 15 is 0 Å². The van der Waals surface area contributed by atoms with Crippen molar-refractivity contribution in [3.05, 3.63) is 27.8 Å². The fourth-order valence-electron chi connectivity index (χ4n) is 3.46. The standard InChI is InChI=1S/C16H22ClNO/c1-19-16-12(10-13-6-4-8-18-13)9-11-5-2-3-7-14(11)15(16)17/h9,13,18H,2-8,10H2,1H3. The van der Waals surface area contributed by atoms with Crippen LogP contribution in [0.3, 0.4) is 0 Å². The van der Waals surface area contributed by atoms with E-state index in [0.29, 0.717) is 6.04 Å². The maximum absolute atomic E-state index is 6.57. The number of fused-ring (bicyclic) bond motifs is 1. The van der Waals surface area contributed by atoms with Gasteiger partial charge in [0.15, 0.2) is 0 Å². The van der Waals surface area contributed by atoms with E-state index in [1.165, 1.54) is 48.8 Å². The Balaban J connectivity index is 1.95. The van der Waals surface area contributed by atoms with Gasteiger partial charge < -0.3 is 10.1 Å². The summed E-state index contributed by atoms with van der Waals surface area (Å²) in [5, 5.41) is 4.43. The van der Waals surface area contributed by atoms with Crippen molar-refractivity contribution in [2.24, 2.45) is 0 Å². The van der Waals surface area contributed by atoms with Gasteiger partial charge in [-0.15, -0.1) is 0 Å². The molecule has 3 heteroatoms. The Morgan fingerprint density at radius 2 is 2.16 bits per heavy atom. The molecule has 1 aliphatic heterocycles. The lowest BCUT2D eigenvalue weighted by atomic mass is 9.88. The molecule has 1 aliphatic carbocycles. The molecule has 0 spiro atoms. The van der Waals surface area contributed by atoms with Crippen molar-refractivity contribution < 1.29 is 4.74 Å². The van der Waals surface area contributed by atoms with Crippen LogP contribution in [0, 0.1) is 0 Å². The fraction of sp³-hybridized carbons (Fsp3) is 0.625. The van der Waals surface area contributed by atoms with Crippen molar-refractivity contribution in [1.29, 1.82) is 0 Å². The summed E-state index contributed by atoms with van der Waals surface area (Å²) in [6.07, 6.45) is 8.40. The molecule has 1 heterocycles. The van der Waals surface area contributed by atoms with Crippen molar-refractivity contribution in [1.82, 2.24) is 5.32 Å². The third-order valence-corrected chi connectivity index (χ3v) is 4.85. The zero-order valence-corrected chi connectivity index (χ0v) is 12.4. The number of rotatable bonds is 3. The van der Waals surface area contributed by atoms with Gasteiger partial charge in [-0.25, -0.2) is 0 Å². The molecule has 1 aromatic carbocycles. The van der Waals surface area contributed by atoms with Gasteiger partial charge in [0.25, 0.3) is 0 Å². The van der Waals surface area contributed by atoms with Crippen molar-refractivity contribution in [3.8, 4) is 5.75 Å². The third kappa shape index (κ3) is 2.61. The maximum Gasteiger partial charge on any atom is 0.140 e. The van der Waals surface area contributed by atoms with Crippen LogP contribution in [0.15, 0.2) is 6.07 Å². The quantitative estimate of drug-likeness (QED) is 0.914. The minimum absolute atomic E-state index is 0.589. The molecular weight excluding hydrogens is 258 g/mol. The second kappa shape index (κ2) is 5.72. The molecule has 2 nitrogen and oxygen atoms in total.